The van der Waals surface area contributed by atoms with E-state index in [0.29, 0.717) is 0 Å². The molecule has 1 heterocycles. The predicted molar refractivity (Wildman–Crippen MR) is 126 cm³/mol. The number of rotatable bonds is 10. The molecule has 1 unspecified atom stereocenters. The molecule has 176 valence electrons. The third kappa shape index (κ3) is 10.5. The summed E-state index contributed by atoms with van der Waals surface area (Å²) >= 11 is 0. The zero-order chi connectivity index (χ0) is 22.2. The monoisotopic (exact) mass is 434 g/mol. The SMILES string of the molecule is CCCCOc1cccc(CCCC(C(=O)OC)N2CCNCCNCCNCC2)c1. The molecule has 0 radical (unpaired) electrons. The number of nitrogens with one attached hydrogen (secondary N) is 3. The lowest BCUT2D eigenvalue weighted by molar-refractivity contribution is -0.147. The van der Waals surface area contributed by atoms with Crippen molar-refractivity contribution in [3.63, 3.8) is 0 Å². The van der Waals surface area contributed by atoms with Gasteiger partial charge in [0.2, 0.25) is 0 Å². The molecule has 7 heteroatoms. The first-order chi connectivity index (χ1) is 15.2. The van der Waals surface area contributed by atoms with E-state index in [1.807, 2.05) is 6.07 Å². The van der Waals surface area contributed by atoms with Crippen molar-refractivity contribution < 1.29 is 14.3 Å². The fourth-order valence-electron chi connectivity index (χ4n) is 3.81. The van der Waals surface area contributed by atoms with Crippen LogP contribution in [0.2, 0.25) is 0 Å². The van der Waals surface area contributed by atoms with E-state index >= 15 is 0 Å². The normalized spacial score (nSPS) is 17.9. The Bertz CT molecular complexity index is 602. The largest absolute Gasteiger partial charge is 0.494 e. The summed E-state index contributed by atoms with van der Waals surface area (Å²) in [5.74, 6) is 0.801. The summed E-state index contributed by atoms with van der Waals surface area (Å²) in [4.78, 5) is 14.9. The number of nitrogens with zero attached hydrogens (tertiary/aromatic N) is 1. The number of hydrogen-bond acceptors (Lipinski definition) is 7. The van der Waals surface area contributed by atoms with Gasteiger partial charge in [0.05, 0.1) is 13.7 Å². The zero-order valence-corrected chi connectivity index (χ0v) is 19.5. The molecule has 0 saturated carbocycles. The van der Waals surface area contributed by atoms with Gasteiger partial charge in [-0.2, -0.15) is 0 Å². The third-order valence-corrected chi connectivity index (χ3v) is 5.63. The van der Waals surface area contributed by atoms with E-state index in [4.69, 9.17) is 9.47 Å². The van der Waals surface area contributed by atoms with Crippen molar-refractivity contribution in [3.8, 4) is 5.75 Å². The molecule has 0 aromatic heterocycles. The Hall–Kier alpha value is -1.67. The Labute approximate surface area is 188 Å². The number of aryl methyl sites for hydroxylation is 1. The van der Waals surface area contributed by atoms with E-state index in [1.165, 1.54) is 12.7 Å². The highest BCUT2D eigenvalue weighted by molar-refractivity contribution is 5.75. The van der Waals surface area contributed by atoms with Crippen molar-refractivity contribution in [2.75, 3.05) is 66.1 Å². The maximum Gasteiger partial charge on any atom is 0.323 e. The molecule has 1 aromatic carbocycles. The molecule has 1 aliphatic rings. The number of carbonyl (C=O) groups is 1. The Morgan fingerprint density at radius 1 is 1.03 bits per heavy atom. The van der Waals surface area contributed by atoms with E-state index in [9.17, 15) is 4.79 Å². The Morgan fingerprint density at radius 2 is 1.71 bits per heavy atom. The minimum atomic E-state index is -0.210. The first kappa shape index (κ1) is 25.6. The molecule has 1 atom stereocenters. The van der Waals surface area contributed by atoms with Crippen LogP contribution in [0.15, 0.2) is 24.3 Å². The standard InChI is InChI=1S/C24H42N4O3/c1-3-4-19-31-22-9-5-7-21(20-22)8-6-10-23(24(29)30-2)28-17-15-26-13-11-25-12-14-27-16-18-28/h5,7,9,20,23,25-27H,3-4,6,8,10-19H2,1-2H3. The van der Waals surface area contributed by atoms with Gasteiger partial charge in [-0.3, -0.25) is 9.69 Å². The quantitative estimate of drug-likeness (QED) is 0.383. The maximum atomic E-state index is 12.6. The zero-order valence-electron chi connectivity index (χ0n) is 19.5. The molecule has 3 N–H and O–H groups in total. The van der Waals surface area contributed by atoms with Gasteiger partial charge in [0.25, 0.3) is 0 Å². The summed E-state index contributed by atoms with van der Waals surface area (Å²) < 4.78 is 11.0. The van der Waals surface area contributed by atoms with E-state index in [1.54, 1.807) is 0 Å². The molecule has 1 aromatic rings. The van der Waals surface area contributed by atoms with Crippen LogP contribution in [-0.4, -0.2) is 83.0 Å². The minimum absolute atomic E-state index is 0.134. The van der Waals surface area contributed by atoms with Crippen LogP contribution in [0, 0.1) is 0 Å². The molecule has 1 saturated heterocycles. The van der Waals surface area contributed by atoms with Crippen LogP contribution in [0.5, 0.6) is 5.75 Å². The summed E-state index contributed by atoms with van der Waals surface area (Å²) in [5.41, 5.74) is 1.25. The molecule has 0 aliphatic carbocycles. The van der Waals surface area contributed by atoms with E-state index in [-0.39, 0.29) is 12.0 Å². The predicted octanol–water partition coefficient (Wildman–Crippen LogP) is 1.81. The van der Waals surface area contributed by atoms with Crippen LogP contribution in [0.3, 0.4) is 0 Å². The fraction of sp³-hybridized carbons (Fsp3) is 0.708. The highest BCUT2D eigenvalue weighted by Gasteiger charge is 2.26. The average molecular weight is 435 g/mol. The van der Waals surface area contributed by atoms with Crippen molar-refractivity contribution in [2.45, 2.75) is 45.1 Å². The summed E-state index contributed by atoms with van der Waals surface area (Å²) in [5, 5.41) is 10.3. The third-order valence-electron chi connectivity index (χ3n) is 5.63. The number of esters is 1. The van der Waals surface area contributed by atoms with E-state index in [2.05, 4.69) is 46.0 Å². The van der Waals surface area contributed by atoms with Crippen molar-refractivity contribution in [2.24, 2.45) is 0 Å². The molecular formula is C24H42N4O3. The molecule has 0 bridgehead atoms. The molecular weight excluding hydrogens is 392 g/mol. The molecule has 7 nitrogen and oxygen atoms in total. The smallest absolute Gasteiger partial charge is 0.323 e. The van der Waals surface area contributed by atoms with E-state index in [0.717, 1.165) is 96.8 Å². The number of unbranched alkanes of at least 4 members (excludes halogenated alkanes) is 1. The molecule has 0 amide bonds. The number of carbonyl (C=O) groups excluding carboxylic acids is 1. The number of methoxy groups -OCH3 is 1. The van der Waals surface area contributed by atoms with Gasteiger partial charge in [-0.1, -0.05) is 25.5 Å². The molecule has 31 heavy (non-hydrogen) atoms. The average Bonchev–Trinajstić information content (AvgIpc) is 2.78. The minimum Gasteiger partial charge on any atom is -0.494 e. The summed E-state index contributed by atoms with van der Waals surface area (Å²) in [6.45, 7) is 10.1. The van der Waals surface area contributed by atoms with Crippen LogP contribution in [0.4, 0.5) is 0 Å². The summed E-state index contributed by atoms with van der Waals surface area (Å²) in [6, 6.07) is 8.12. The van der Waals surface area contributed by atoms with Gasteiger partial charge < -0.3 is 25.4 Å². The van der Waals surface area contributed by atoms with Crippen molar-refractivity contribution in [1.82, 2.24) is 20.9 Å². The van der Waals surface area contributed by atoms with Crippen LogP contribution < -0.4 is 20.7 Å². The topological polar surface area (TPSA) is 74.9 Å². The Kier molecular flexibility index (Phi) is 13.2. The van der Waals surface area contributed by atoms with Crippen LogP contribution >= 0.6 is 0 Å². The van der Waals surface area contributed by atoms with Crippen molar-refractivity contribution >= 4 is 5.97 Å². The lowest BCUT2D eigenvalue weighted by Crippen LogP contribution is -2.49. The second-order valence-electron chi connectivity index (χ2n) is 8.07. The Morgan fingerprint density at radius 3 is 2.35 bits per heavy atom. The molecule has 1 fully saturated rings. The van der Waals surface area contributed by atoms with Gasteiger partial charge >= 0.3 is 5.97 Å². The second-order valence-corrected chi connectivity index (χ2v) is 8.07. The van der Waals surface area contributed by atoms with Crippen molar-refractivity contribution in [1.29, 1.82) is 0 Å². The van der Waals surface area contributed by atoms with Gasteiger partial charge in [-0.25, -0.2) is 0 Å². The summed E-state index contributed by atoms with van der Waals surface area (Å²) in [6.07, 6.45) is 4.84. The number of benzene rings is 1. The molecule has 1 aliphatic heterocycles. The van der Waals surface area contributed by atoms with Crippen LogP contribution in [0.25, 0.3) is 0 Å². The molecule has 0 spiro atoms. The van der Waals surface area contributed by atoms with Gasteiger partial charge in [0.15, 0.2) is 0 Å². The van der Waals surface area contributed by atoms with Gasteiger partial charge in [-0.05, 0) is 43.4 Å². The van der Waals surface area contributed by atoms with Crippen molar-refractivity contribution in [3.05, 3.63) is 29.8 Å². The highest BCUT2D eigenvalue weighted by atomic mass is 16.5. The van der Waals surface area contributed by atoms with Gasteiger partial charge in [0.1, 0.15) is 11.8 Å². The number of hydrogen-bond donors (Lipinski definition) is 3. The maximum absolute atomic E-state index is 12.6. The second kappa shape index (κ2) is 16.0. The lowest BCUT2D eigenvalue weighted by atomic mass is 10.0. The van der Waals surface area contributed by atoms with Gasteiger partial charge in [-0.15, -0.1) is 0 Å². The summed E-state index contributed by atoms with van der Waals surface area (Å²) in [7, 11) is 1.49. The van der Waals surface area contributed by atoms with E-state index < -0.39 is 0 Å². The van der Waals surface area contributed by atoms with Crippen LogP contribution in [-0.2, 0) is 16.0 Å². The highest BCUT2D eigenvalue weighted by Crippen LogP contribution is 2.17. The number of ether oxygens (including phenoxy) is 2. The fourth-order valence-corrected chi connectivity index (χ4v) is 3.81. The lowest BCUT2D eigenvalue weighted by Gasteiger charge is -2.30. The first-order valence-electron chi connectivity index (χ1n) is 11.9. The van der Waals surface area contributed by atoms with Crippen LogP contribution in [0.1, 0.15) is 38.2 Å². The Balaban J connectivity index is 1.90. The first-order valence-corrected chi connectivity index (χ1v) is 11.9. The van der Waals surface area contributed by atoms with Gasteiger partial charge in [0, 0.05) is 52.4 Å². The molecule has 2 rings (SSSR count).